The van der Waals surface area contributed by atoms with Gasteiger partial charge in [0.15, 0.2) is 0 Å². The summed E-state index contributed by atoms with van der Waals surface area (Å²) in [5.74, 6) is 0.822. The molecule has 98 valence electrons. The molecule has 0 aliphatic heterocycles. The van der Waals surface area contributed by atoms with Crippen molar-refractivity contribution >= 4 is 11.3 Å². The van der Waals surface area contributed by atoms with Gasteiger partial charge in [-0.3, -0.25) is 0 Å². The highest BCUT2D eigenvalue weighted by atomic mass is 32.1. The number of hydrogen-bond acceptors (Lipinski definition) is 4. The molecule has 0 saturated heterocycles. The zero-order chi connectivity index (χ0) is 13.5. The maximum Gasteiger partial charge on any atom is 0.123 e. The van der Waals surface area contributed by atoms with Crippen molar-refractivity contribution in [2.45, 2.75) is 13.0 Å². The van der Waals surface area contributed by atoms with Crippen LogP contribution >= 0.6 is 11.3 Å². The molecular formula is C15H16N2OS. The Morgan fingerprint density at radius 3 is 2.95 bits per heavy atom. The molecular weight excluding hydrogens is 256 g/mol. The highest BCUT2D eigenvalue weighted by Gasteiger charge is 2.04. The Bertz CT molecular complexity index is 558. The van der Waals surface area contributed by atoms with Crippen LogP contribution in [0.3, 0.4) is 0 Å². The lowest BCUT2D eigenvalue weighted by Gasteiger charge is -2.09. The molecule has 1 N–H and O–H groups in total. The number of thiophene rings is 1. The van der Waals surface area contributed by atoms with E-state index in [1.54, 1.807) is 24.5 Å². The van der Waals surface area contributed by atoms with Crippen LogP contribution in [0.2, 0.25) is 0 Å². The first-order chi connectivity index (χ1) is 9.33. The topological polar surface area (TPSA) is 45.0 Å². The Balaban J connectivity index is 1.89. The first kappa shape index (κ1) is 13.6. The summed E-state index contributed by atoms with van der Waals surface area (Å²) in [6.45, 7) is 1.63. The molecule has 0 atom stereocenters. The molecule has 0 spiro atoms. The van der Waals surface area contributed by atoms with E-state index >= 15 is 0 Å². The van der Waals surface area contributed by atoms with Gasteiger partial charge in [0.2, 0.25) is 0 Å². The van der Waals surface area contributed by atoms with Crippen LogP contribution < -0.4 is 10.1 Å². The van der Waals surface area contributed by atoms with Gasteiger partial charge in [-0.1, -0.05) is 6.07 Å². The third-order valence-corrected chi connectivity index (χ3v) is 3.79. The number of methoxy groups -OCH3 is 1. The smallest absolute Gasteiger partial charge is 0.123 e. The highest BCUT2D eigenvalue weighted by molar-refractivity contribution is 7.09. The Morgan fingerprint density at radius 2 is 2.26 bits per heavy atom. The molecule has 0 unspecified atom stereocenters. The molecule has 0 bridgehead atoms. The lowest BCUT2D eigenvalue weighted by atomic mass is 10.1. The molecule has 0 aliphatic rings. The summed E-state index contributed by atoms with van der Waals surface area (Å²) in [5.41, 5.74) is 1.68. The van der Waals surface area contributed by atoms with E-state index in [1.165, 1.54) is 4.88 Å². The molecule has 0 fully saturated rings. The largest absolute Gasteiger partial charge is 0.496 e. The lowest BCUT2D eigenvalue weighted by Crippen LogP contribution is -2.16. The Labute approximate surface area is 117 Å². The number of benzene rings is 1. The van der Waals surface area contributed by atoms with Gasteiger partial charge in [-0.25, -0.2) is 0 Å². The summed E-state index contributed by atoms with van der Waals surface area (Å²) >= 11 is 1.78. The van der Waals surface area contributed by atoms with E-state index in [0.29, 0.717) is 12.1 Å². The van der Waals surface area contributed by atoms with Gasteiger partial charge in [0, 0.05) is 23.5 Å². The highest BCUT2D eigenvalue weighted by Crippen LogP contribution is 2.19. The lowest BCUT2D eigenvalue weighted by molar-refractivity contribution is 0.408. The van der Waals surface area contributed by atoms with Crippen LogP contribution in [0.25, 0.3) is 0 Å². The van der Waals surface area contributed by atoms with Gasteiger partial charge in [0.25, 0.3) is 0 Å². The molecule has 3 nitrogen and oxygen atoms in total. The molecule has 0 aliphatic carbocycles. The van der Waals surface area contributed by atoms with Crippen molar-refractivity contribution in [1.82, 2.24) is 5.32 Å². The zero-order valence-corrected chi connectivity index (χ0v) is 11.7. The number of nitrogens with one attached hydrogen (secondary N) is 1. The fourth-order valence-electron chi connectivity index (χ4n) is 1.88. The average molecular weight is 272 g/mol. The first-order valence-corrected chi connectivity index (χ1v) is 7.01. The number of nitrogens with zero attached hydrogens (tertiary/aromatic N) is 1. The van der Waals surface area contributed by atoms with Crippen molar-refractivity contribution in [3.63, 3.8) is 0 Å². The predicted molar refractivity (Wildman–Crippen MR) is 77.4 cm³/mol. The molecule has 0 saturated carbocycles. The third-order valence-electron chi connectivity index (χ3n) is 2.85. The second kappa shape index (κ2) is 6.93. The van der Waals surface area contributed by atoms with Crippen molar-refractivity contribution < 1.29 is 4.74 Å². The Morgan fingerprint density at radius 1 is 1.37 bits per heavy atom. The van der Waals surface area contributed by atoms with Crippen molar-refractivity contribution in [1.29, 1.82) is 5.26 Å². The minimum atomic E-state index is 0.663. The molecule has 1 aromatic heterocycles. The summed E-state index contributed by atoms with van der Waals surface area (Å²) in [6.07, 6.45) is 1.03. The summed E-state index contributed by atoms with van der Waals surface area (Å²) < 4.78 is 5.30. The van der Waals surface area contributed by atoms with Crippen LogP contribution in [0.15, 0.2) is 35.7 Å². The van der Waals surface area contributed by atoms with Gasteiger partial charge in [0.1, 0.15) is 5.75 Å². The SMILES string of the molecule is COc1ccc(C#N)cc1CNCCc1cccs1. The first-order valence-electron chi connectivity index (χ1n) is 6.13. The third kappa shape index (κ3) is 3.82. The Kier molecular flexibility index (Phi) is 4.96. The van der Waals surface area contributed by atoms with Crippen LogP contribution in [-0.4, -0.2) is 13.7 Å². The van der Waals surface area contributed by atoms with Gasteiger partial charge in [-0.2, -0.15) is 5.26 Å². The molecule has 19 heavy (non-hydrogen) atoms. The minimum Gasteiger partial charge on any atom is -0.496 e. The molecule has 0 amide bonds. The molecule has 1 heterocycles. The number of nitriles is 1. The van der Waals surface area contributed by atoms with Crippen molar-refractivity contribution in [3.05, 3.63) is 51.7 Å². The molecule has 1 aromatic carbocycles. The number of ether oxygens (including phenoxy) is 1. The fourth-order valence-corrected chi connectivity index (χ4v) is 2.58. The van der Waals surface area contributed by atoms with E-state index in [1.807, 2.05) is 12.1 Å². The summed E-state index contributed by atoms with van der Waals surface area (Å²) in [4.78, 5) is 1.38. The van der Waals surface area contributed by atoms with Gasteiger partial charge < -0.3 is 10.1 Å². The van der Waals surface area contributed by atoms with Crippen LogP contribution in [0.1, 0.15) is 16.0 Å². The van der Waals surface area contributed by atoms with Crippen molar-refractivity contribution in [2.75, 3.05) is 13.7 Å². The monoisotopic (exact) mass is 272 g/mol. The quantitative estimate of drug-likeness (QED) is 0.822. The molecule has 2 rings (SSSR count). The normalized spacial score (nSPS) is 10.1. The molecule has 0 radical (unpaired) electrons. The maximum absolute atomic E-state index is 8.91. The summed E-state index contributed by atoms with van der Waals surface area (Å²) in [5, 5.41) is 14.4. The Hall–Kier alpha value is -1.83. The van der Waals surface area contributed by atoms with E-state index in [0.717, 1.165) is 24.3 Å². The van der Waals surface area contributed by atoms with Crippen molar-refractivity contribution in [2.24, 2.45) is 0 Å². The average Bonchev–Trinajstić information content (AvgIpc) is 2.96. The van der Waals surface area contributed by atoms with E-state index in [9.17, 15) is 0 Å². The summed E-state index contributed by atoms with van der Waals surface area (Å²) in [6, 6.07) is 11.8. The number of hydrogen-bond donors (Lipinski definition) is 1. The van der Waals surface area contributed by atoms with E-state index in [2.05, 4.69) is 28.9 Å². The van der Waals surface area contributed by atoms with E-state index in [4.69, 9.17) is 10.00 Å². The van der Waals surface area contributed by atoms with E-state index in [-0.39, 0.29) is 0 Å². The standard InChI is InChI=1S/C15H16N2OS/c1-18-15-5-4-12(10-16)9-13(15)11-17-7-6-14-3-2-8-19-14/h2-5,8-9,17H,6-7,11H2,1H3. The number of rotatable bonds is 6. The van der Waals surface area contributed by atoms with Gasteiger partial charge in [0.05, 0.1) is 18.7 Å². The van der Waals surface area contributed by atoms with E-state index < -0.39 is 0 Å². The molecule has 2 aromatic rings. The van der Waals surface area contributed by atoms with Crippen molar-refractivity contribution in [3.8, 4) is 11.8 Å². The van der Waals surface area contributed by atoms with Crippen LogP contribution in [0, 0.1) is 11.3 Å². The zero-order valence-electron chi connectivity index (χ0n) is 10.8. The minimum absolute atomic E-state index is 0.663. The fraction of sp³-hybridized carbons (Fsp3) is 0.267. The summed E-state index contributed by atoms with van der Waals surface area (Å²) in [7, 11) is 1.65. The maximum atomic E-state index is 8.91. The van der Waals surface area contributed by atoms with Gasteiger partial charge in [-0.15, -0.1) is 11.3 Å². The van der Waals surface area contributed by atoms with Gasteiger partial charge >= 0.3 is 0 Å². The van der Waals surface area contributed by atoms with Crippen LogP contribution in [0.5, 0.6) is 5.75 Å². The van der Waals surface area contributed by atoms with Crippen LogP contribution in [-0.2, 0) is 13.0 Å². The second-order valence-electron chi connectivity index (χ2n) is 4.14. The van der Waals surface area contributed by atoms with Crippen LogP contribution in [0.4, 0.5) is 0 Å². The second-order valence-corrected chi connectivity index (χ2v) is 5.18. The predicted octanol–water partition coefficient (Wildman–Crippen LogP) is 2.96. The molecule has 4 heteroatoms. The van der Waals surface area contributed by atoms with Gasteiger partial charge in [-0.05, 0) is 36.1 Å².